The number of hydrogen-bond acceptors (Lipinski definition) is 4. The van der Waals surface area contributed by atoms with Crippen LogP contribution in [0.4, 0.5) is 8.78 Å². The highest BCUT2D eigenvalue weighted by molar-refractivity contribution is 5.94. The van der Waals surface area contributed by atoms with E-state index in [0.29, 0.717) is 16.8 Å². The Labute approximate surface area is 120 Å². The fourth-order valence-electron chi connectivity index (χ4n) is 1.72. The number of benzene rings is 1. The van der Waals surface area contributed by atoms with Crippen LogP contribution in [-0.2, 0) is 6.54 Å². The second kappa shape index (κ2) is 6.74. The zero-order valence-corrected chi connectivity index (χ0v) is 11.2. The number of nitrogens with one attached hydrogen (secondary N) is 1. The maximum absolute atomic E-state index is 12.1. The largest absolute Gasteiger partial charge is 0.435 e. The molecular formula is C14H13F2N3O2. The minimum atomic E-state index is -2.88. The number of nitrogens with zero attached hydrogens (tertiary/aromatic N) is 2. The smallest absolute Gasteiger partial charge is 0.387 e. The summed E-state index contributed by atoms with van der Waals surface area (Å²) in [5.74, 6) is -0.274. The summed E-state index contributed by atoms with van der Waals surface area (Å²) in [6.45, 7) is -0.986. The molecule has 1 amide bonds. The van der Waals surface area contributed by atoms with E-state index < -0.39 is 6.61 Å². The van der Waals surface area contributed by atoms with Crippen LogP contribution in [0.15, 0.2) is 36.8 Å². The van der Waals surface area contributed by atoms with Crippen molar-refractivity contribution < 1.29 is 18.3 Å². The monoisotopic (exact) mass is 293 g/mol. The van der Waals surface area contributed by atoms with Gasteiger partial charge in [0.25, 0.3) is 5.91 Å². The Morgan fingerprint density at radius 1 is 1.43 bits per heavy atom. The maximum atomic E-state index is 12.1. The SMILES string of the molecule is Cc1ncncc1C(=O)NCc1cccc(OC(F)F)c1. The molecule has 0 spiro atoms. The molecule has 0 aliphatic carbocycles. The van der Waals surface area contributed by atoms with E-state index in [1.165, 1.54) is 24.7 Å². The lowest BCUT2D eigenvalue weighted by atomic mass is 10.2. The highest BCUT2D eigenvalue weighted by Gasteiger charge is 2.10. The molecule has 7 heteroatoms. The summed E-state index contributed by atoms with van der Waals surface area (Å²) >= 11 is 0. The zero-order chi connectivity index (χ0) is 15.2. The average Bonchev–Trinajstić information content (AvgIpc) is 2.45. The number of aromatic nitrogens is 2. The van der Waals surface area contributed by atoms with Crippen molar-refractivity contribution in [1.29, 1.82) is 0 Å². The molecule has 0 saturated carbocycles. The van der Waals surface area contributed by atoms with Crippen molar-refractivity contribution in [3.05, 3.63) is 53.6 Å². The third-order valence-electron chi connectivity index (χ3n) is 2.73. The Bertz CT molecular complexity index is 635. The van der Waals surface area contributed by atoms with Crippen molar-refractivity contribution in [3.8, 4) is 5.75 Å². The molecule has 0 bridgehead atoms. The summed E-state index contributed by atoms with van der Waals surface area (Å²) in [5.41, 5.74) is 1.59. The number of aryl methyl sites for hydroxylation is 1. The van der Waals surface area contributed by atoms with Crippen LogP contribution in [0.1, 0.15) is 21.6 Å². The lowest BCUT2D eigenvalue weighted by Crippen LogP contribution is -2.24. The third kappa shape index (κ3) is 4.20. The number of amides is 1. The number of carbonyl (C=O) groups is 1. The molecular weight excluding hydrogens is 280 g/mol. The molecule has 1 heterocycles. The first-order chi connectivity index (χ1) is 10.1. The van der Waals surface area contributed by atoms with E-state index in [1.54, 1.807) is 19.1 Å². The lowest BCUT2D eigenvalue weighted by Gasteiger charge is -2.09. The molecule has 1 aromatic carbocycles. The topological polar surface area (TPSA) is 64.1 Å². The number of rotatable bonds is 5. The van der Waals surface area contributed by atoms with Gasteiger partial charge in [0, 0.05) is 12.7 Å². The molecule has 110 valence electrons. The Kier molecular flexibility index (Phi) is 4.76. The van der Waals surface area contributed by atoms with Crippen molar-refractivity contribution in [3.63, 3.8) is 0 Å². The molecule has 2 aromatic rings. The molecule has 2 rings (SSSR count). The predicted octanol–water partition coefficient (Wildman–Crippen LogP) is 2.32. The molecule has 0 atom stereocenters. The molecule has 1 N–H and O–H groups in total. The van der Waals surface area contributed by atoms with Crippen molar-refractivity contribution in [2.75, 3.05) is 0 Å². The van der Waals surface area contributed by atoms with E-state index in [4.69, 9.17) is 0 Å². The Morgan fingerprint density at radius 3 is 2.95 bits per heavy atom. The van der Waals surface area contributed by atoms with Crippen LogP contribution in [0.5, 0.6) is 5.75 Å². The third-order valence-corrected chi connectivity index (χ3v) is 2.73. The van der Waals surface area contributed by atoms with Gasteiger partial charge in [0.05, 0.1) is 11.3 Å². The van der Waals surface area contributed by atoms with E-state index >= 15 is 0 Å². The van der Waals surface area contributed by atoms with Gasteiger partial charge in [-0.2, -0.15) is 8.78 Å². The van der Waals surface area contributed by atoms with Gasteiger partial charge >= 0.3 is 6.61 Å². The van der Waals surface area contributed by atoms with Gasteiger partial charge in [0.2, 0.25) is 0 Å². The first-order valence-corrected chi connectivity index (χ1v) is 6.15. The highest BCUT2D eigenvalue weighted by Crippen LogP contribution is 2.16. The van der Waals surface area contributed by atoms with Gasteiger partial charge in [-0.1, -0.05) is 12.1 Å². The van der Waals surface area contributed by atoms with Crippen molar-refractivity contribution >= 4 is 5.91 Å². The molecule has 0 aliphatic heterocycles. The molecule has 21 heavy (non-hydrogen) atoms. The van der Waals surface area contributed by atoms with Crippen LogP contribution in [0, 0.1) is 6.92 Å². The number of hydrogen-bond donors (Lipinski definition) is 1. The average molecular weight is 293 g/mol. The van der Waals surface area contributed by atoms with E-state index in [1.807, 2.05) is 0 Å². The number of halogens is 2. The molecule has 0 unspecified atom stereocenters. The van der Waals surface area contributed by atoms with E-state index in [2.05, 4.69) is 20.0 Å². The summed E-state index contributed by atoms with van der Waals surface area (Å²) < 4.78 is 28.6. The standard InChI is InChI=1S/C14H13F2N3O2/c1-9-12(7-17-8-19-9)13(20)18-6-10-3-2-4-11(5-10)21-14(15)16/h2-5,7-8,14H,6H2,1H3,(H,18,20). The van der Waals surface area contributed by atoms with Crippen LogP contribution in [-0.4, -0.2) is 22.5 Å². The first-order valence-electron chi connectivity index (χ1n) is 6.15. The number of alkyl halides is 2. The molecule has 1 aromatic heterocycles. The van der Waals surface area contributed by atoms with Gasteiger partial charge in [-0.15, -0.1) is 0 Å². The van der Waals surface area contributed by atoms with Crippen LogP contribution < -0.4 is 10.1 Å². The molecule has 0 fully saturated rings. The minimum absolute atomic E-state index is 0.0518. The summed E-state index contributed by atoms with van der Waals surface area (Å²) in [4.78, 5) is 19.7. The van der Waals surface area contributed by atoms with Gasteiger partial charge in [-0.25, -0.2) is 9.97 Å². The van der Waals surface area contributed by atoms with Crippen LogP contribution >= 0.6 is 0 Å². The van der Waals surface area contributed by atoms with Gasteiger partial charge in [-0.05, 0) is 24.6 Å². The molecule has 5 nitrogen and oxygen atoms in total. The zero-order valence-electron chi connectivity index (χ0n) is 11.2. The van der Waals surface area contributed by atoms with Crippen molar-refractivity contribution in [1.82, 2.24) is 15.3 Å². The molecule has 0 radical (unpaired) electrons. The van der Waals surface area contributed by atoms with Gasteiger partial charge < -0.3 is 10.1 Å². The Hall–Kier alpha value is -2.57. The van der Waals surface area contributed by atoms with E-state index in [-0.39, 0.29) is 18.2 Å². The second-order valence-corrected chi connectivity index (χ2v) is 4.23. The normalized spacial score (nSPS) is 10.5. The fraction of sp³-hybridized carbons (Fsp3) is 0.214. The van der Waals surface area contributed by atoms with Gasteiger partial charge in [-0.3, -0.25) is 4.79 Å². The summed E-state index contributed by atoms with van der Waals surface area (Å²) in [5, 5.41) is 2.67. The maximum Gasteiger partial charge on any atom is 0.387 e. The summed E-state index contributed by atoms with van der Waals surface area (Å²) in [7, 11) is 0. The minimum Gasteiger partial charge on any atom is -0.435 e. The van der Waals surface area contributed by atoms with Crippen LogP contribution in [0.2, 0.25) is 0 Å². The van der Waals surface area contributed by atoms with Crippen LogP contribution in [0.3, 0.4) is 0 Å². The Morgan fingerprint density at radius 2 is 2.24 bits per heavy atom. The quantitative estimate of drug-likeness (QED) is 0.919. The van der Waals surface area contributed by atoms with Crippen LogP contribution in [0.25, 0.3) is 0 Å². The highest BCUT2D eigenvalue weighted by atomic mass is 19.3. The first kappa shape index (κ1) is 14.8. The lowest BCUT2D eigenvalue weighted by molar-refractivity contribution is -0.0498. The Balaban J connectivity index is 2.00. The van der Waals surface area contributed by atoms with Crippen molar-refractivity contribution in [2.24, 2.45) is 0 Å². The van der Waals surface area contributed by atoms with Crippen molar-refractivity contribution in [2.45, 2.75) is 20.1 Å². The number of ether oxygens (including phenoxy) is 1. The van der Waals surface area contributed by atoms with Gasteiger partial charge in [0.15, 0.2) is 0 Å². The van der Waals surface area contributed by atoms with Gasteiger partial charge in [0.1, 0.15) is 12.1 Å². The fourth-order valence-corrected chi connectivity index (χ4v) is 1.72. The number of carbonyl (C=O) groups excluding carboxylic acids is 1. The second-order valence-electron chi connectivity index (χ2n) is 4.23. The summed E-state index contributed by atoms with van der Waals surface area (Å²) in [6.07, 6.45) is 2.78. The predicted molar refractivity (Wildman–Crippen MR) is 71.0 cm³/mol. The summed E-state index contributed by atoms with van der Waals surface area (Å²) in [6, 6.07) is 6.15. The molecule has 0 saturated heterocycles. The van der Waals surface area contributed by atoms with E-state index in [0.717, 1.165) is 0 Å². The molecule has 0 aliphatic rings. The van der Waals surface area contributed by atoms with E-state index in [9.17, 15) is 13.6 Å².